The topological polar surface area (TPSA) is 72.9 Å². The smallest absolute Gasteiger partial charge is 0.225 e. The van der Waals surface area contributed by atoms with Crippen molar-refractivity contribution in [1.82, 2.24) is 9.78 Å². The van der Waals surface area contributed by atoms with Crippen molar-refractivity contribution in [3.8, 4) is 0 Å². The minimum absolute atomic E-state index is 0.0645. The number of amides is 1. The number of nitrogen functional groups attached to an aromatic ring is 1. The van der Waals surface area contributed by atoms with Gasteiger partial charge in [-0.3, -0.25) is 9.48 Å². The molecule has 1 heterocycles. The van der Waals surface area contributed by atoms with Crippen molar-refractivity contribution in [2.75, 3.05) is 11.1 Å². The van der Waals surface area contributed by atoms with Gasteiger partial charge in [0, 0.05) is 13.5 Å². The Balaban J connectivity index is 2.80. The van der Waals surface area contributed by atoms with Gasteiger partial charge in [0.2, 0.25) is 5.91 Å². The van der Waals surface area contributed by atoms with Gasteiger partial charge in [-0.05, 0) is 0 Å². The number of nitrogens with one attached hydrogen (secondary N) is 1. The second-order valence-corrected chi connectivity index (χ2v) is 2.47. The van der Waals surface area contributed by atoms with E-state index in [9.17, 15) is 4.79 Å². The van der Waals surface area contributed by atoms with Crippen molar-refractivity contribution < 1.29 is 4.79 Å². The average Bonchev–Trinajstić information content (AvgIpc) is 2.35. The number of aromatic nitrogens is 2. The zero-order chi connectivity index (χ0) is 9.14. The molecule has 0 radical (unpaired) electrons. The van der Waals surface area contributed by atoms with Gasteiger partial charge < -0.3 is 11.1 Å². The molecule has 0 bridgehead atoms. The highest BCUT2D eigenvalue weighted by Gasteiger charge is 2.06. The van der Waals surface area contributed by atoms with Crippen molar-refractivity contribution in [2.45, 2.75) is 13.3 Å². The van der Waals surface area contributed by atoms with E-state index in [0.717, 1.165) is 0 Å². The fraction of sp³-hybridized carbons (Fsp3) is 0.429. The number of rotatable bonds is 2. The molecule has 5 heteroatoms. The summed E-state index contributed by atoms with van der Waals surface area (Å²) in [5, 5.41) is 6.53. The first-order chi connectivity index (χ1) is 5.65. The van der Waals surface area contributed by atoms with E-state index in [2.05, 4.69) is 10.4 Å². The summed E-state index contributed by atoms with van der Waals surface area (Å²) in [5.41, 5.74) is 6.03. The van der Waals surface area contributed by atoms with Crippen LogP contribution in [0.1, 0.15) is 13.3 Å². The average molecular weight is 168 g/mol. The highest BCUT2D eigenvalue weighted by molar-refractivity contribution is 5.92. The number of aryl methyl sites for hydroxylation is 1. The van der Waals surface area contributed by atoms with E-state index < -0.39 is 0 Å². The number of hydrogen-bond donors (Lipinski definition) is 2. The summed E-state index contributed by atoms with van der Waals surface area (Å²) in [6.07, 6.45) is 1.94. The molecular weight excluding hydrogens is 156 g/mol. The minimum Gasteiger partial charge on any atom is -0.394 e. The van der Waals surface area contributed by atoms with Crippen LogP contribution in [0.5, 0.6) is 0 Å². The zero-order valence-corrected chi connectivity index (χ0v) is 7.16. The van der Waals surface area contributed by atoms with Crippen LogP contribution in [0.4, 0.5) is 11.5 Å². The van der Waals surface area contributed by atoms with Gasteiger partial charge >= 0.3 is 0 Å². The molecule has 66 valence electrons. The third kappa shape index (κ3) is 1.55. The number of nitrogens with two attached hydrogens (primary N) is 1. The van der Waals surface area contributed by atoms with Gasteiger partial charge in [0.05, 0.1) is 11.9 Å². The Morgan fingerprint density at radius 3 is 2.92 bits per heavy atom. The second kappa shape index (κ2) is 3.25. The Bertz CT molecular complexity index is 272. The van der Waals surface area contributed by atoms with E-state index in [1.165, 1.54) is 10.9 Å². The summed E-state index contributed by atoms with van der Waals surface area (Å²) in [7, 11) is 1.72. The maximum absolute atomic E-state index is 11.0. The predicted octanol–water partition coefficient (Wildman–Crippen LogP) is 0.351. The normalized spacial score (nSPS) is 9.83. The third-order valence-corrected chi connectivity index (χ3v) is 1.55. The molecule has 0 aromatic carbocycles. The molecule has 0 unspecified atom stereocenters. The third-order valence-electron chi connectivity index (χ3n) is 1.55. The van der Waals surface area contributed by atoms with E-state index in [-0.39, 0.29) is 5.91 Å². The van der Waals surface area contributed by atoms with Gasteiger partial charge in [0.1, 0.15) is 0 Å². The standard InChI is InChI=1S/C7H12N4O/c1-3-6(12)10-7-5(8)4-9-11(7)2/h4H,3,8H2,1-2H3,(H,10,12). The Morgan fingerprint density at radius 2 is 2.50 bits per heavy atom. The van der Waals surface area contributed by atoms with Gasteiger partial charge in [-0.25, -0.2) is 0 Å². The monoisotopic (exact) mass is 168 g/mol. The van der Waals surface area contributed by atoms with Crippen LogP contribution in [-0.2, 0) is 11.8 Å². The first kappa shape index (κ1) is 8.58. The van der Waals surface area contributed by atoms with Gasteiger partial charge in [0.15, 0.2) is 5.82 Å². The molecule has 3 N–H and O–H groups in total. The van der Waals surface area contributed by atoms with Crippen LogP contribution >= 0.6 is 0 Å². The van der Waals surface area contributed by atoms with Crippen molar-refractivity contribution in [3.05, 3.63) is 6.20 Å². The number of carbonyl (C=O) groups is 1. The van der Waals surface area contributed by atoms with Gasteiger partial charge in [0.25, 0.3) is 0 Å². The molecule has 0 aliphatic heterocycles. The van der Waals surface area contributed by atoms with Crippen molar-refractivity contribution in [2.24, 2.45) is 7.05 Å². The summed E-state index contributed by atoms with van der Waals surface area (Å²) in [5.74, 6) is 0.493. The molecule has 0 saturated carbocycles. The zero-order valence-electron chi connectivity index (χ0n) is 7.16. The van der Waals surface area contributed by atoms with E-state index in [1.807, 2.05) is 0 Å². The van der Waals surface area contributed by atoms with Crippen LogP contribution in [0.2, 0.25) is 0 Å². The van der Waals surface area contributed by atoms with Gasteiger partial charge in [-0.2, -0.15) is 5.10 Å². The molecule has 0 atom stereocenters. The lowest BCUT2D eigenvalue weighted by Crippen LogP contribution is -2.13. The summed E-state index contributed by atoms with van der Waals surface area (Å²) < 4.78 is 1.53. The fourth-order valence-electron chi connectivity index (χ4n) is 0.828. The molecule has 0 spiro atoms. The van der Waals surface area contributed by atoms with E-state index in [0.29, 0.717) is 17.9 Å². The van der Waals surface area contributed by atoms with Gasteiger partial charge in [-0.1, -0.05) is 6.92 Å². The number of carbonyl (C=O) groups excluding carboxylic acids is 1. The largest absolute Gasteiger partial charge is 0.394 e. The molecule has 12 heavy (non-hydrogen) atoms. The number of anilines is 2. The highest BCUT2D eigenvalue weighted by atomic mass is 16.1. The minimum atomic E-state index is -0.0645. The fourth-order valence-corrected chi connectivity index (χ4v) is 0.828. The molecule has 1 amide bonds. The van der Waals surface area contributed by atoms with Crippen LogP contribution in [0, 0.1) is 0 Å². The van der Waals surface area contributed by atoms with E-state index in [1.54, 1.807) is 14.0 Å². The summed E-state index contributed by atoms with van der Waals surface area (Å²) in [4.78, 5) is 11.0. The van der Waals surface area contributed by atoms with Crippen LogP contribution in [-0.4, -0.2) is 15.7 Å². The molecule has 1 rings (SSSR count). The number of hydrogen-bond acceptors (Lipinski definition) is 3. The predicted molar refractivity (Wildman–Crippen MR) is 46.5 cm³/mol. The first-order valence-corrected chi connectivity index (χ1v) is 3.72. The lowest BCUT2D eigenvalue weighted by atomic mass is 10.4. The quantitative estimate of drug-likeness (QED) is 0.669. The Kier molecular flexibility index (Phi) is 2.32. The van der Waals surface area contributed by atoms with Crippen LogP contribution < -0.4 is 11.1 Å². The summed E-state index contributed by atoms with van der Waals surface area (Å²) in [6.45, 7) is 1.78. The Hall–Kier alpha value is -1.52. The Morgan fingerprint density at radius 1 is 1.83 bits per heavy atom. The lowest BCUT2D eigenvalue weighted by molar-refractivity contribution is -0.115. The number of nitrogens with zero attached hydrogens (tertiary/aromatic N) is 2. The lowest BCUT2D eigenvalue weighted by Gasteiger charge is -2.03. The van der Waals surface area contributed by atoms with E-state index in [4.69, 9.17) is 5.73 Å². The first-order valence-electron chi connectivity index (χ1n) is 3.72. The molecule has 0 aliphatic carbocycles. The summed E-state index contributed by atoms with van der Waals surface area (Å²) in [6, 6.07) is 0. The van der Waals surface area contributed by atoms with Crippen LogP contribution in [0.3, 0.4) is 0 Å². The second-order valence-electron chi connectivity index (χ2n) is 2.47. The molecule has 5 nitrogen and oxygen atoms in total. The Labute approximate surface area is 70.5 Å². The molecule has 0 fully saturated rings. The van der Waals surface area contributed by atoms with Gasteiger partial charge in [-0.15, -0.1) is 0 Å². The molecular formula is C7H12N4O. The van der Waals surface area contributed by atoms with E-state index >= 15 is 0 Å². The maximum atomic E-state index is 11.0. The SMILES string of the molecule is CCC(=O)Nc1c(N)cnn1C. The van der Waals surface area contributed by atoms with Crippen molar-refractivity contribution in [1.29, 1.82) is 0 Å². The molecule has 0 saturated heterocycles. The van der Waals surface area contributed by atoms with Crippen molar-refractivity contribution >= 4 is 17.4 Å². The van der Waals surface area contributed by atoms with Crippen LogP contribution in [0.15, 0.2) is 6.20 Å². The molecule has 0 aliphatic rings. The molecule has 1 aromatic heterocycles. The van der Waals surface area contributed by atoms with Crippen LogP contribution in [0.25, 0.3) is 0 Å². The molecule has 1 aromatic rings. The summed E-state index contributed by atoms with van der Waals surface area (Å²) >= 11 is 0. The highest BCUT2D eigenvalue weighted by Crippen LogP contribution is 2.15. The van der Waals surface area contributed by atoms with Crippen molar-refractivity contribution in [3.63, 3.8) is 0 Å². The maximum Gasteiger partial charge on any atom is 0.225 e.